The van der Waals surface area contributed by atoms with Gasteiger partial charge in [0.05, 0.1) is 6.61 Å². The predicted octanol–water partition coefficient (Wildman–Crippen LogP) is 6.46. The van der Waals surface area contributed by atoms with Gasteiger partial charge in [-0.05, 0) is 82.8 Å². The second-order valence-corrected chi connectivity index (χ2v) is 10.4. The molecule has 1 aliphatic rings. The van der Waals surface area contributed by atoms with Crippen LogP contribution in [-0.4, -0.2) is 30.3 Å². The highest BCUT2D eigenvalue weighted by atomic mass is 16.5. The van der Waals surface area contributed by atoms with Crippen LogP contribution in [0, 0.1) is 0 Å². The monoisotopic (exact) mass is 410 g/mol. The van der Waals surface area contributed by atoms with Crippen molar-refractivity contribution in [3.8, 4) is 5.75 Å². The summed E-state index contributed by atoms with van der Waals surface area (Å²) in [6.07, 6.45) is 10.1. The summed E-state index contributed by atoms with van der Waals surface area (Å²) in [5.74, 6) is 0.990. The van der Waals surface area contributed by atoms with Crippen molar-refractivity contribution in [3.05, 3.63) is 42.5 Å². The minimum Gasteiger partial charge on any atom is -0.494 e. The highest BCUT2D eigenvalue weighted by Gasteiger charge is 2.37. The van der Waals surface area contributed by atoms with Crippen molar-refractivity contribution in [2.45, 2.75) is 96.2 Å². The molecule has 0 amide bonds. The molecule has 0 bridgehead atoms. The fraction of sp³-hybridized carbons (Fsp3) is 0.630. The van der Waals surface area contributed by atoms with Gasteiger partial charge >= 0.3 is 0 Å². The number of unbranched alkanes of at least 4 members (excludes halogenated alkanes) is 5. The fourth-order valence-corrected chi connectivity index (χ4v) is 5.15. The molecule has 0 saturated carbocycles. The first-order valence-corrected chi connectivity index (χ1v) is 12.0. The van der Waals surface area contributed by atoms with Crippen LogP contribution in [0.3, 0.4) is 0 Å². The number of nitrogens with one attached hydrogen (secondary N) is 2. The Hall–Kier alpha value is -1.58. The first-order valence-electron chi connectivity index (χ1n) is 12.0. The molecule has 0 radical (unpaired) electrons. The predicted molar refractivity (Wildman–Crippen MR) is 129 cm³/mol. The number of ether oxygens (including phenoxy) is 1. The van der Waals surface area contributed by atoms with Crippen molar-refractivity contribution < 1.29 is 4.74 Å². The summed E-state index contributed by atoms with van der Waals surface area (Å²) >= 11 is 0. The van der Waals surface area contributed by atoms with Gasteiger partial charge in [0.25, 0.3) is 0 Å². The fourth-order valence-electron chi connectivity index (χ4n) is 5.15. The average molecular weight is 411 g/mol. The Morgan fingerprint density at radius 1 is 0.833 bits per heavy atom. The normalized spacial score (nSPS) is 18.5. The molecule has 0 aliphatic carbocycles. The first-order chi connectivity index (χ1) is 14.3. The molecule has 1 aliphatic heterocycles. The molecule has 1 heterocycles. The lowest BCUT2D eigenvalue weighted by atomic mass is 9.79. The molecule has 3 heteroatoms. The van der Waals surface area contributed by atoms with Gasteiger partial charge in [-0.3, -0.25) is 0 Å². The molecule has 2 aromatic rings. The van der Waals surface area contributed by atoms with Crippen molar-refractivity contribution in [1.29, 1.82) is 0 Å². The number of hydrogen-bond donors (Lipinski definition) is 2. The molecule has 0 atom stereocenters. The molecule has 1 fully saturated rings. The van der Waals surface area contributed by atoms with Gasteiger partial charge in [-0.1, -0.05) is 56.0 Å². The van der Waals surface area contributed by atoms with E-state index in [1.54, 1.807) is 0 Å². The lowest BCUT2D eigenvalue weighted by Crippen LogP contribution is -2.61. The lowest BCUT2D eigenvalue weighted by molar-refractivity contribution is 0.146. The smallest absolute Gasteiger partial charge is 0.119 e. The summed E-state index contributed by atoms with van der Waals surface area (Å²) < 4.78 is 5.94. The maximum Gasteiger partial charge on any atom is 0.119 e. The van der Waals surface area contributed by atoms with Crippen molar-refractivity contribution in [2.24, 2.45) is 0 Å². The molecule has 0 unspecified atom stereocenters. The zero-order chi connectivity index (χ0) is 21.5. The van der Waals surface area contributed by atoms with Gasteiger partial charge in [0.2, 0.25) is 0 Å². The maximum absolute atomic E-state index is 5.94. The second kappa shape index (κ2) is 10.6. The van der Waals surface area contributed by atoms with Crippen LogP contribution >= 0.6 is 0 Å². The third-order valence-electron chi connectivity index (χ3n) is 6.18. The molecule has 30 heavy (non-hydrogen) atoms. The van der Waals surface area contributed by atoms with Crippen molar-refractivity contribution in [3.63, 3.8) is 0 Å². The number of fused-ring (bicyclic) bond motifs is 1. The molecular weight excluding hydrogens is 368 g/mol. The van der Waals surface area contributed by atoms with E-state index in [9.17, 15) is 0 Å². The van der Waals surface area contributed by atoms with E-state index in [1.807, 2.05) is 0 Å². The van der Waals surface area contributed by atoms with Gasteiger partial charge < -0.3 is 15.4 Å². The van der Waals surface area contributed by atoms with Crippen LogP contribution in [0.1, 0.15) is 79.1 Å². The number of rotatable bonds is 11. The second-order valence-electron chi connectivity index (χ2n) is 10.4. The minimum atomic E-state index is 0.230. The first kappa shape index (κ1) is 23.1. The summed E-state index contributed by atoms with van der Waals surface area (Å²) in [5, 5.41) is 10.1. The van der Waals surface area contributed by atoms with Crippen LogP contribution in [-0.2, 0) is 0 Å². The third-order valence-corrected chi connectivity index (χ3v) is 6.18. The summed E-state index contributed by atoms with van der Waals surface area (Å²) in [7, 11) is 0. The van der Waals surface area contributed by atoms with Crippen LogP contribution in [0.5, 0.6) is 5.75 Å². The third kappa shape index (κ3) is 7.59. The Labute approximate surface area is 184 Å². The summed E-state index contributed by atoms with van der Waals surface area (Å²) in [5.41, 5.74) is 0.461. The molecule has 2 aromatic carbocycles. The Kier molecular flexibility index (Phi) is 8.19. The van der Waals surface area contributed by atoms with Crippen LogP contribution in [0.2, 0.25) is 0 Å². The SMILES string of the molecule is CC1(C)CC(NCCCCCCCCOc2ccc3ccccc3c2)CC(C)(C)N1. The number of hydrogen-bond acceptors (Lipinski definition) is 3. The zero-order valence-corrected chi connectivity index (χ0v) is 19.6. The largest absolute Gasteiger partial charge is 0.494 e. The van der Waals surface area contributed by atoms with E-state index in [2.05, 4.69) is 80.8 Å². The van der Waals surface area contributed by atoms with E-state index < -0.39 is 0 Å². The molecule has 0 aromatic heterocycles. The Morgan fingerprint density at radius 3 is 2.20 bits per heavy atom. The summed E-state index contributed by atoms with van der Waals surface area (Å²) in [6, 6.07) is 15.5. The van der Waals surface area contributed by atoms with Crippen molar-refractivity contribution in [1.82, 2.24) is 10.6 Å². The molecule has 166 valence electrons. The van der Waals surface area contributed by atoms with Gasteiger partial charge in [-0.15, -0.1) is 0 Å². The summed E-state index contributed by atoms with van der Waals surface area (Å²) in [6.45, 7) is 11.3. The van der Waals surface area contributed by atoms with Gasteiger partial charge in [-0.25, -0.2) is 0 Å². The molecular formula is C27H42N2O. The van der Waals surface area contributed by atoms with Gasteiger partial charge in [0.1, 0.15) is 5.75 Å². The topological polar surface area (TPSA) is 33.3 Å². The van der Waals surface area contributed by atoms with E-state index in [1.165, 1.54) is 55.7 Å². The van der Waals surface area contributed by atoms with Gasteiger partial charge in [0.15, 0.2) is 0 Å². The molecule has 0 spiro atoms. The molecule has 3 nitrogen and oxygen atoms in total. The van der Waals surface area contributed by atoms with Crippen LogP contribution < -0.4 is 15.4 Å². The van der Waals surface area contributed by atoms with E-state index in [0.29, 0.717) is 6.04 Å². The Balaban J connectivity index is 1.20. The molecule has 1 saturated heterocycles. The van der Waals surface area contributed by atoms with Gasteiger partial charge in [-0.2, -0.15) is 0 Å². The average Bonchev–Trinajstić information content (AvgIpc) is 2.67. The number of piperidine rings is 1. The maximum atomic E-state index is 5.94. The highest BCUT2D eigenvalue weighted by molar-refractivity contribution is 5.83. The Bertz CT molecular complexity index is 767. The van der Waals surface area contributed by atoms with E-state index in [-0.39, 0.29) is 11.1 Å². The van der Waals surface area contributed by atoms with E-state index in [4.69, 9.17) is 4.74 Å². The molecule has 2 N–H and O–H groups in total. The summed E-state index contributed by atoms with van der Waals surface area (Å²) in [4.78, 5) is 0. The molecule has 3 rings (SSSR count). The van der Waals surface area contributed by atoms with Crippen molar-refractivity contribution in [2.75, 3.05) is 13.2 Å². The van der Waals surface area contributed by atoms with Crippen LogP contribution in [0.4, 0.5) is 0 Å². The standard InChI is InChI=1S/C27H42N2O/c1-26(2)20-24(21-27(3,4)29-26)28-17-11-7-5-6-8-12-18-30-25-16-15-22-13-9-10-14-23(22)19-25/h9-10,13-16,19,24,28-29H,5-8,11-12,17-18,20-21H2,1-4H3. The lowest BCUT2D eigenvalue weighted by Gasteiger charge is -2.46. The zero-order valence-electron chi connectivity index (χ0n) is 19.6. The van der Waals surface area contributed by atoms with Gasteiger partial charge in [0, 0.05) is 17.1 Å². The van der Waals surface area contributed by atoms with Crippen molar-refractivity contribution >= 4 is 10.8 Å². The van der Waals surface area contributed by atoms with E-state index >= 15 is 0 Å². The van der Waals surface area contributed by atoms with E-state index in [0.717, 1.165) is 25.3 Å². The number of benzene rings is 2. The quantitative estimate of drug-likeness (QED) is 0.417. The Morgan fingerprint density at radius 2 is 1.47 bits per heavy atom. The highest BCUT2D eigenvalue weighted by Crippen LogP contribution is 2.28. The van der Waals surface area contributed by atoms with Crippen LogP contribution in [0.25, 0.3) is 10.8 Å². The van der Waals surface area contributed by atoms with Crippen LogP contribution in [0.15, 0.2) is 42.5 Å². The minimum absolute atomic E-state index is 0.230.